The monoisotopic (exact) mass is 410 g/mol. The molecule has 0 aromatic carbocycles. The van der Waals surface area contributed by atoms with Gasteiger partial charge >= 0.3 is 5.97 Å². The molecule has 30 heavy (non-hydrogen) atoms. The summed E-state index contributed by atoms with van der Waals surface area (Å²) in [6.07, 6.45) is 15.8. The molecule has 3 heterocycles. The Bertz CT molecular complexity index is 942. The highest BCUT2D eigenvalue weighted by Gasteiger charge is 2.10. The van der Waals surface area contributed by atoms with Crippen molar-refractivity contribution in [1.82, 2.24) is 0 Å². The van der Waals surface area contributed by atoms with Crippen molar-refractivity contribution < 1.29 is 23.2 Å². The quantitative estimate of drug-likeness (QED) is 0.353. The third-order valence-corrected chi connectivity index (χ3v) is 5.30. The molecule has 0 spiro atoms. The van der Waals surface area contributed by atoms with Crippen LogP contribution in [0.1, 0.15) is 61.3 Å². The lowest BCUT2D eigenvalue weighted by molar-refractivity contribution is -0.132. The van der Waals surface area contributed by atoms with Crippen molar-refractivity contribution in [2.24, 2.45) is 5.92 Å². The minimum Gasteiger partial charge on any atom is -0.478 e. The third-order valence-electron chi connectivity index (χ3n) is 5.30. The van der Waals surface area contributed by atoms with Crippen molar-refractivity contribution in [1.29, 1.82) is 0 Å². The smallest absolute Gasteiger partial charge is 0.331 e. The van der Waals surface area contributed by atoms with E-state index in [4.69, 9.17) is 18.4 Å². The fourth-order valence-corrected chi connectivity index (χ4v) is 3.57. The van der Waals surface area contributed by atoms with Crippen LogP contribution in [0.5, 0.6) is 0 Å². The average Bonchev–Trinajstić information content (AvgIpc) is 3.45. The molecule has 5 heteroatoms. The van der Waals surface area contributed by atoms with Crippen molar-refractivity contribution in [3.63, 3.8) is 0 Å². The molecular formula is C25H30O5. The maximum Gasteiger partial charge on any atom is 0.331 e. The van der Waals surface area contributed by atoms with E-state index in [1.807, 2.05) is 18.4 Å². The zero-order valence-corrected chi connectivity index (χ0v) is 17.7. The zero-order valence-electron chi connectivity index (χ0n) is 17.7. The highest BCUT2D eigenvalue weighted by Crippen LogP contribution is 2.20. The second-order valence-electron chi connectivity index (χ2n) is 8.10. The van der Waals surface area contributed by atoms with E-state index in [0.717, 1.165) is 56.3 Å². The molecule has 1 unspecified atom stereocenters. The Labute approximate surface area is 177 Å². The summed E-state index contributed by atoms with van der Waals surface area (Å²) < 4.78 is 16.3. The van der Waals surface area contributed by atoms with E-state index in [2.05, 4.69) is 13.0 Å². The van der Waals surface area contributed by atoms with Crippen LogP contribution in [0, 0.1) is 5.92 Å². The summed E-state index contributed by atoms with van der Waals surface area (Å²) in [5, 5.41) is 8.94. The molecule has 0 saturated heterocycles. The maximum absolute atomic E-state index is 10.9. The van der Waals surface area contributed by atoms with Crippen LogP contribution in [0.15, 0.2) is 62.1 Å². The number of carboxylic acid groups (broad SMARTS) is 1. The number of furan rings is 3. The fourth-order valence-electron chi connectivity index (χ4n) is 3.57. The molecule has 0 bridgehead atoms. The molecule has 160 valence electrons. The van der Waals surface area contributed by atoms with Gasteiger partial charge < -0.3 is 18.4 Å². The van der Waals surface area contributed by atoms with Crippen LogP contribution in [0.3, 0.4) is 0 Å². The van der Waals surface area contributed by atoms with Crippen LogP contribution >= 0.6 is 0 Å². The van der Waals surface area contributed by atoms with Gasteiger partial charge in [0.2, 0.25) is 0 Å². The van der Waals surface area contributed by atoms with Gasteiger partial charge in [-0.1, -0.05) is 6.92 Å². The molecule has 0 aliphatic carbocycles. The van der Waals surface area contributed by atoms with Crippen LogP contribution in [0.2, 0.25) is 0 Å². The highest BCUT2D eigenvalue weighted by atomic mass is 16.4. The summed E-state index contributed by atoms with van der Waals surface area (Å²) >= 11 is 0. The topological polar surface area (TPSA) is 76.7 Å². The normalized spacial score (nSPS) is 12.9. The summed E-state index contributed by atoms with van der Waals surface area (Å²) in [6.45, 7) is 3.81. The van der Waals surface area contributed by atoms with E-state index < -0.39 is 5.97 Å². The molecular weight excluding hydrogens is 380 g/mol. The largest absolute Gasteiger partial charge is 0.478 e. The first-order chi connectivity index (χ1) is 14.5. The van der Waals surface area contributed by atoms with Gasteiger partial charge in [0.15, 0.2) is 0 Å². The number of carboxylic acids is 1. The minimum absolute atomic E-state index is 0.267. The van der Waals surface area contributed by atoms with Gasteiger partial charge in [-0.05, 0) is 92.3 Å². The van der Waals surface area contributed by atoms with Gasteiger partial charge in [-0.15, -0.1) is 0 Å². The molecule has 0 aliphatic rings. The summed E-state index contributed by atoms with van der Waals surface area (Å²) in [5.74, 6) is 1.26. The predicted octanol–water partition coefficient (Wildman–Crippen LogP) is 6.33. The first-order valence-corrected chi connectivity index (χ1v) is 10.6. The lowest BCUT2D eigenvalue weighted by Crippen LogP contribution is -1.99. The molecule has 3 aromatic heterocycles. The van der Waals surface area contributed by atoms with E-state index in [0.29, 0.717) is 11.7 Å². The van der Waals surface area contributed by atoms with Gasteiger partial charge in [0.25, 0.3) is 0 Å². The Morgan fingerprint density at radius 3 is 2.53 bits per heavy atom. The van der Waals surface area contributed by atoms with E-state index in [9.17, 15) is 4.79 Å². The Kier molecular flexibility index (Phi) is 7.77. The van der Waals surface area contributed by atoms with Gasteiger partial charge in [-0.25, -0.2) is 4.79 Å². The Balaban J connectivity index is 1.36. The number of carbonyl (C=O) groups is 1. The molecule has 3 rings (SSSR count). The molecule has 0 fully saturated rings. The maximum atomic E-state index is 10.9. The second-order valence-corrected chi connectivity index (χ2v) is 8.10. The van der Waals surface area contributed by atoms with Crippen LogP contribution in [-0.2, 0) is 30.5 Å². The lowest BCUT2D eigenvalue weighted by Gasteiger charge is -2.08. The van der Waals surface area contributed by atoms with Crippen LogP contribution in [-0.4, -0.2) is 11.1 Å². The van der Waals surface area contributed by atoms with Crippen LogP contribution in [0.25, 0.3) is 6.08 Å². The summed E-state index contributed by atoms with van der Waals surface area (Å²) in [7, 11) is 0. The molecule has 0 aliphatic heterocycles. The Morgan fingerprint density at radius 1 is 1.03 bits per heavy atom. The van der Waals surface area contributed by atoms with Gasteiger partial charge in [0.05, 0.1) is 25.1 Å². The first-order valence-electron chi connectivity index (χ1n) is 10.6. The molecule has 3 aromatic rings. The van der Waals surface area contributed by atoms with Crippen LogP contribution in [0.4, 0.5) is 0 Å². The molecule has 1 atom stereocenters. The van der Waals surface area contributed by atoms with E-state index in [1.54, 1.807) is 31.8 Å². The minimum atomic E-state index is -0.930. The van der Waals surface area contributed by atoms with Gasteiger partial charge in [-0.3, -0.25) is 0 Å². The van der Waals surface area contributed by atoms with E-state index in [1.165, 1.54) is 11.1 Å². The van der Waals surface area contributed by atoms with Crippen LogP contribution < -0.4 is 0 Å². The fraction of sp³-hybridized carbons (Fsp3) is 0.400. The molecule has 5 nitrogen and oxygen atoms in total. The van der Waals surface area contributed by atoms with Crippen molar-refractivity contribution in [3.8, 4) is 0 Å². The lowest BCUT2D eigenvalue weighted by atomic mass is 9.97. The number of hydrogen-bond acceptors (Lipinski definition) is 4. The predicted molar refractivity (Wildman–Crippen MR) is 115 cm³/mol. The summed E-state index contributed by atoms with van der Waals surface area (Å²) in [4.78, 5) is 10.9. The molecule has 0 radical (unpaired) electrons. The molecule has 0 amide bonds. The SMILES string of the molecule is C/C(=C\c1cc(CCCC(C)Cc2cc(CCCc3ccoc3)co2)co1)C(=O)O. The third kappa shape index (κ3) is 6.83. The Hall–Kier alpha value is -2.95. The van der Waals surface area contributed by atoms with Crippen molar-refractivity contribution in [3.05, 3.63) is 77.0 Å². The van der Waals surface area contributed by atoms with Gasteiger partial charge in [0, 0.05) is 12.0 Å². The standard InChI is InChI=1S/C25H30O5/c1-18(5-3-7-21-14-24(30-17-21)12-19(2)25(26)27)11-23-13-22(16-29-23)8-4-6-20-9-10-28-15-20/h9-10,12-18H,3-8,11H2,1-2H3,(H,26,27)/b19-12+. The van der Waals surface area contributed by atoms with Crippen molar-refractivity contribution >= 4 is 12.0 Å². The van der Waals surface area contributed by atoms with Gasteiger partial charge in [-0.2, -0.15) is 0 Å². The first kappa shape index (κ1) is 21.8. The van der Waals surface area contributed by atoms with E-state index in [-0.39, 0.29) is 5.57 Å². The number of aryl methyl sites for hydroxylation is 3. The Morgan fingerprint density at radius 2 is 1.77 bits per heavy atom. The highest BCUT2D eigenvalue weighted by molar-refractivity contribution is 5.90. The summed E-state index contributed by atoms with van der Waals surface area (Å²) in [6, 6.07) is 6.12. The molecule has 1 N–H and O–H groups in total. The number of aliphatic carboxylic acids is 1. The van der Waals surface area contributed by atoms with E-state index >= 15 is 0 Å². The number of hydrogen-bond donors (Lipinski definition) is 1. The van der Waals surface area contributed by atoms with Crippen molar-refractivity contribution in [2.75, 3.05) is 0 Å². The summed E-state index contributed by atoms with van der Waals surface area (Å²) in [5.41, 5.74) is 3.87. The molecule has 0 saturated carbocycles. The van der Waals surface area contributed by atoms with Crippen molar-refractivity contribution in [2.45, 2.75) is 58.8 Å². The second kappa shape index (κ2) is 10.7. The zero-order chi connectivity index (χ0) is 21.3. The average molecular weight is 411 g/mol. The van der Waals surface area contributed by atoms with Gasteiger partial charge in [0.1, 0.15) is 11.5 Å². The number of rotatable bonds is 12.